The average molecular weight is 476 g/mol. The molecule has 7 nitrogen and oxygen atoms in total. The van der Waals surface area contributed by atoms with Crippen molar-refractivity contribution in [3.8, 4) is 11.3 Å². The molecule has 2 fully saturated rings. The van der Waals surface area contributed by atoms with Crippen molar-refractivity contribution in [2.75, 3.05) is 44.2 Å². The normalized spacial score (nSPS) is 15.9. The van der Waals surface area contributed by atoms with Crippen LogP contribution in [-0.4, -0.2) is 71.1 Å². The Kier molecular flexibility index (Phi) is 6.58. The van der Waals surface area contributed by atoms with Gasteiger partial charge in [-0.25, -0.2) is 0 Å². The van der Waals surface area contributed by atoms with Gasteiger partial charge in [-0.3, -0.25) is 9.59 Å². The van der Waals surface area contributed by atoms with Crippen molar-refractivity contribution in [1.29, 1.82) is 0 Å². The number of hydrogen-bond acceptors (Lipinski definition) is 6. The van der Waals surface area contributed by atoms with Crippen molar-refractivity contribution >= 4 is 29.0 Å². The van der Waals surface area contributed by atoms with Crippen LogP contribution in [0.3, 0.4) is 0 Å². The molecule has 5 rings (SSSR count). The third kappa shape index (κ3) is 5.28. The molecular formula is C26H29N5O2S. The van der Waals surface area contributed by atoms with E-state index < -0.39 is 0 Å². The maximum atomic E-state index is 13.0. The molecule has 3 aromatic rings. The number of aromatic nitrogens is 2. The van der Waals surface area contributed by atoms with Gasteiger partial charge in [-0.05, 0) is 49.3 Å². The third-order valence-corrected chi connectivity index (χ3v) is 7.33. The number of benzene rings is 1. The Morgan fingerprint density at radius 1 is 1.00 bits per heavy atom. The predicted molar refractivity (Wildman–Crippen MR) is 134 cm³/mol. The number of anilines is 1. The standard InChI is InChI=1S/C26H29N5O2S/c1-19-4-8-21(9-5-19)22-10-11-24(28-27-22)29-12-14-30(15-13-29)25(32)18-31(17-20-6-7-20)26(33)23-3-2-16-34-23/h2-5,8-11,16,20H,6-7,12-15,17-18H2,1H3. The minimum atomic E-state index is -0.0298. The van der Waals surface area contributed by atoms with Crippen LogP contribution in [-0.2, 0) is 4.79 Å². The Morgan fingerprint density at radius 3 is 2.38 bits per heavy atom. The molecule has 0 atom stereocenters. The van der Waals surface area contributed by atoms with Crippen LogP contribution in [0, 0.1) is 12.8 Å². The maximum Gasteiger partial charge on any atom is 0.264 e. The number of thiophene rings is 1. The first kappa shape index (κ1) is 22.5. The molecule has 3 heterocycles. The molecule has 2 aromatic heterocycles. The quantitative estimate of drug-likeness (QED) is 0.521. The second-order valence-corrected chi connectivity index (χ2v) is 10.1. The van der Waals surface area contributed by atoms with E-state index in [0.29, 0.717) is 43.5 Å². The van der Waals surface area contributed by atoms with E-state index in [0.717, 1.165) is 29.9 Å². The fourth-order valence-corrected chi connectivity index (χ4v) is 4.90. The summed E-state index contributed by atoms with van der Waals surface area (Å²) in [5.74, 6) is 1.35. The van der Waals surface area contributed by atoms with Crippen LogP contribution in [0.25, 0.3) is 11.3 Å². The van der Waals surface area contributed by atoms with Gasteiger partial charge < -0.3 is 14.7 Å². The summed E-state index contributed by atoms with van der Waals surface area (Å²) in [4.78, 5) is 32.4. The molecule has 0 spiro atoms. The lowest BCUT2D eigenvalue weighted by Gasteiger charge is -2.36. The van der Waals surface area contributed by atoms with E-state index in [1.165, 1.54) is 16.9 Å². The maximum absolute atomic E-state index is 13.0. The molecule has 34 heavy (non-hydrogen) atoms. The van der Waals surface area contributed by atoms with Gasteiger partial charge in [0.1, 0.15) is 6.54 Å². The summed E-state index contributed by atoms with van der Waals surface area (Å²) >= 11 is 1.43. The highest BCUT2D eigenvalue weighted by molar-refractivity contribution is 7.12. The molecule has 1 aliphatic heterocycles. The van der Waals surface area contributed by atoms with Crippen molar-refractivity contribution in [2.24, 2.45) is 5.92 Å². The van der Waals surface area contributed by atoms with Gasteiger partial charge in [-0.1, -0.05) is 35.9 Å². The van der Waals surface area contributed by atoms with Gasteiger partial charge in [0.2, 0.25) is 5.91 Å². The molecule has 0 bridgehead atoms. The van der Waals surface area contributed by atoms with E-state index in [9.17, 15) is 9.59 Å². The molecule has 1 saturated heterocycles. The van der Waals surface area contributed by atoms with Gasteiger partial charge in [-0.2, -0.15) is 0 Å². The lowest BCUT2D eigenvalue weighted by Crippen LogP contribution is -2.52. The number of rotatable bonds is 7. The summed E-state index contributed by atoms with van der Waals surface area (Å²) in [6, 6.07) is 16.0. The molecule has 1 aromatic carbocycles. The Labute approximate surface area is 204 Å². The SMILES string of the molecule is Cc1ccc(-c2ccc(N3CCN(C(=O)CN(CC4CC4)C(=O)c4cccs4)CC3)nn2)cc1. The Balaban J connectivity index is 1.17. The van der Waals surface area contributed by atoms with E-state index in [2.05, 4.69) is 46.3 Å². The van der Waals surface area contributed by atoms with Gasteiger partial charge >= 0.3 is 0 Å². The zero-order valence-corrected chi connectivity index (χ0v) is 20.2. The summed E-state index contributed by atoms with van der Waals surface area (Å²) in [5.41, 5.74) is 3.11. The largest absolute Gasteiger partial charge is 0.352 e. The Bertz CT molecular complexity index is 1120. The smallest absolute Gasteiger partial charge is 0.264 e. The van der Waals surface area contributed by atoms with Crippen LogP contribution < -0.4 is 4.90 Å². The highest BCUT2D eigenvalue weighted by Crippen LogP contribution is 2.30. The summed E-state index contributed by atoms with van der Waals surface area (Å²) in [5, 5.41) is 10.7. The lowest BCUT2D eigenvalue weighted by molar-refractivity contribution is -0.132. The second kappa shape index (κ2) is 9.93. The molecule has 0 N–H and O–H groups in total. The molecule has 176 valence electrons. The molecule has 0 unspecified atom stereocenters. The molecule has 2 aliphatic rings. The molecule has 1 saturated carbocycles. The third-order valence-electron chi connectivity index (χ3n) is 6.47. The van der Waals surface area contributed by atoms with Gasteiger partial charge in [0.25, 0.3) is 5.91 Å². The lowest BCUT2D eigenvalue weighted by atomic mass is 10.1. The average Bonchev–Trinajstić information content (AvgIpc) is 3.52. The summed E-state index contributed by atoms with van der Waals surface area (Å²) in [7, 11) is 0. The van der Waals surface area contributed by atoms with Gasteiger partial charge in [0.05, 0.1) is 10.6 Å². The topological polar surface area (TPSA) is 69.6 Å². The van der Waals surface area contributed by atoms with E-state index in [1.54, 1.807) is 4.90 Å². The first-order valence-corrected chi connectivity index (χ1v) is 12.7. The predicted octanol–water partition coefficient (Wildman–Crippen LogP) is 3.71. The molecule has 2 amide bonds. The minimum absolute atomic E-state index is 0.0195. The first-order valence-electron chi connectivity index (χ1n) is 11.8. The fraction of sp³-hybridized carbons (Fsp3) is 0.385. The number of aryl methyl sites for hydroxylation is 1. The monoisotopic (exact) mass is 475 g/mol. The highest BCUT2D eigenvalue weighted by Gasteiger charge is 2.31. The van der Waals surface area contributed by atoms with Gasteiger partial charge in [0.15, 0.2) is 5.82 Å². The molecule has 0 radical (unpaired) electrons. The zero-order valence-electron chi connectivity index (χ0n) is 19.4. The Hall–Kier alpha value is -3.26. The number of carbonyl (C=O) groups excluding carboxylic acids is 2. The van der Waals surface area contributed by atoms with Crippen molar-refractivity contribution in [1.82, 2.24) is 20.0 Å². The summed E-state index contributed by atoms with van der Waals surface area (Å²) in [6.45, 7) is 5.52. The minimum Gasteiger partial charge on any atom is -0.352 e. The van der Waals surface area contributed by atoms with Crippen LogP contribution in [0.4, 0.5) is 5.82 Å². The number of piperazine rings is 1. The number of nitrogens with zero attached hydrogens (tertiary/aromatic N) is 5. The van der Waals surface area contributed by atoms with E-state index in [4.69, 9.17) is 0 Å². The van der Waals surface area contributed by atoms with Crippen LogP contribution in [0.15, 0.2) is 53.9 Å². The van der Waals surface area contributed by atoms with Crippen LogP contribution in [0.2, 0.25) is 0 Å². The van der Waals surface area contributed by atoms with Gasteiger partial charge in [0, 0.05) is 38.3 Å². The number of carbonyl (C=O) groups is 2. The van der Waals surface area contributed by atoms with Crippen LogP contribution >= 0.6 is 11.3 Å². The zero-order chi connectivity index (χ0) is 23.5. The summed E-state index contributed by atoms with van der Waals surface area (Å²) in [6.07, 6.45) is 2.29. The molecular weight excluding hydrogens is 446 g/mol. The van der Waals surface area contributed by atoms with Crippen molar-refractivity contribution < 1.29 is 9.59 Å². The summed E-state index contributed by atoms with van der Waals surface area (Å²) < 4.78 is 0. The van der Waals surface area contributed by atoms with E-state index >= 15 is 0 Å². The van der Waals surface area contributed by atoms with Crippen molar-refractivity contribution in [2.45, 2.75) is 19.8 Å². The van der Waals surface area contributed by atoms with Crippen LogP contribution in [0.5, 0.6) is 0 Å². The van der Waals surface area contributed by atoms with Crippen molar-refractivity contribution in [3.05, 3.63) is 64.4 Å². The van der Waals surface area contributed by atoms with Gasteiger partial charge in [-0.15, -0.1) is 21.5 Å². The highest BCUT2D eigenvalue weighted by atomic mass is 32.1. The van der Waals surface area contributed by atoms with Crippen LogP contribution in [0.1, 0.15) is 28.1 Å². The molecule has 8 heteroatoms. The number of hydrogen-bond donors (Lipinski definition) is 0. The Morgan fingerprint density at radius 2 is 1.76 bits per heavy atom. The number of amides is 2. The van der Waals surface area contributed by atoms with Crippen molar-refractivity contribution in [3.63, 3.8) is 0 Å². The van der Waals surface area contributed by atoms with E-state index in [-0.39, 0.29) is 18.4 Å². The first-order chi connectivity index (χ1) is 16.6. The fourth-order valence-electron chi connectivity index (χ4n) is 4.21. The second-order valence-electron chi connectivity index (χ2n) is 9.12. The molecule has 1 aliphatic carbocycles. The van der Waals surface area contributed by atoms with E-state index in [1.807, 2.05) is 34.5 Å².